The highest BCUT2D eigenvalue weighted by molar-refractivity contribution is 5.98. The first-order valence-electron chi connectivity index (χ1n) is 8.30. The number of hydrogen-bond acceptors (Lipinski definition) is 4. The van der Waals surface area contributed by atoms with Crippen LogP contribution < -0.4 is 21.8 Å². The Morgan fingerprint density at radius 2 is 1.92 bits per heavy atom. The Bertz CT molecular complexity index is 819. The Hall–Kier alpha value is -2.38. The summed E-state index contributed by atoms with van der Waals surface area (Å²) in [6.45, 7) is 4.22. The molecule has 2 amide bonds. The highest BCUT2D eigenvalue weighted by Gasteiger charge is 2.16. The number of aromatic amines is 1. The van der Waals surface area contributed by atoms with Crippen LogP contribution in [0.5, 0.6) is 0 Å². The molecule has 1 aromatic carbocycles. The SMILES string of the molecule is CC(C)CC(CN)NC(=O)CNC(=O)c1c[nH]c2ccccc2c1=O.Cl. The van der Waals surface area contributed by atoms with Crippen molar-refractivity contribution in [3.05, 3.63) is 46.2 Å². The summed E-state index contributed by atoms with van der Waals surface area (Å²) in [5.74, 6) is -0.517. The van der Waals surface area contributed by atoms with Gasteiger partial charge in [-0.25, -0.2) is 0 Å². The van der Waals surface area contributed by atoms with Gasteiger partial charge in [0.05, 0.1) is 6.54 Å². The zero-order chi connectivity index (χ0) is 18.4. The van der Waals surface area contributed by atoms with Crippen LogP contribution in [0.3, 0.4) is 0 Å². The van der Waals surface area contributed by atoms with Crippen LogP contribution in [0.15, 0.2) is 35.3 Å². The minimum atomic E-state index is -0.588. The third kappa shape index (κ3) is 5.57. The summed E-state index contributed by atoms with van der Waals surface area (Å²) in [5, 5.41) is 5.69. The van der Waals surface area contributed by atoms with Gasteiger partial charge in [-0.15, -0.1) is 12.4 Å². The van der Waals surface area contributed by atoms with E-state index in [1.807, 2.05) is 13.8 Å². The first-order chi connectivity index (χ1) is 11.9. The van der Waals surface area contributed by atoms with Crippen molar-refractivity contribution in [2.24, 2.45) is 11.7 Å². The lowest BCUT2D eigenvalue weighted by atomic mass is 10.0. The fraction of sp³-hybridized carbons (Fsp3) is 0.389. The minimum Gasteiger partial charge on any atom is -0.360 e. The number of carbonyl (C=O) groups is 2. The van der Waals surface area contributed by atoms with Crippen molar-refractivity contribution in [1.82, 2.24) is 15.6 Å². The minimum absolute atomic E-state index is 0. The van der Waals surface area contributed by atoms with Crippen molar-refractivity contribution in [3.8, 4) is 0 Å². The summed E-state index contributed by atoms with van der Waals surface area (Å²) in [6, 6.07) is 6.80. The van der Waals surface area contributed by atoms with Crippen molar-refractivity contribution in [1.29, 1.82) is 0 Å². The van der Waals surface area contributed by atoms with Gasteiger partial charge in [-0.05, 0) is 24.5 Å². The Morgan fingerprint density at radius 3 is 2.58 bits per heavy atom. The summed E-state index contributed by atoms with van der Waals surface area (Å²) in [5.41, 5.74) is 5.90. The average molecular weight is 381 g/mol. The molecule has 2 rings (SSSR count). The lowest BCUT2D eigenvalue weighted by molar-refractivity contribution is -0.120. The fourth-order valence-corrected chi connectivity index (χ4v) is 2.65. The number of para-hydroxylation sites is 1. The molecule has 0 saturated heterocycles. The molecule has 2 aromatic rings. The second kappa shape index (κ2) is 9.94. The number of hydrogen-bond donors (Lipinski definition) is 4. The van der Waals surface area contributed by atoms with Crippen LogP contribution in [0.2, 0.25) is 0 Å². The van der Waals surface area contributed by atoms with Gasteiger partial charge in [-0.2, -0.15) is 0 Å². The zero-order valence-corrected chi connectivity index (χ0v) is 15.7. The molecule has 26 heavy (non-hydrogen) atoms. The van der Waals surface area contributed by atoms with E-state index in [-0.39, 0.29) is 41.9 Å². The second-order valence-corrected chi connectivity index (χ2v) is 6.39. The third-order valence-corrected chi connectivity index (χ3v) is 3.85. The number of benzene rings is 1. The molecule has 0 aliphatic rings. The van der Waals surface area contributed by atoms with E-state index in [1.165, 1.54) is 6.20 Å². The van der Waals surface area contributed by atoms with E-state index in [9.17, 15) is 14.4 Å². The molecule has 0 radical (unpaired) electrons. The van der Waals surface area contributed by atoms with Gasteiger partial charge >= 0.3 is 0 Å². The number of fused-ring (bicyclic) bond motifs is 1. The molecule has 7 nitrogen and oxygen atoms in total. The van der Waals surface area contributed by atoms with Crippen LogP contribution in [0.4, 0.5) is 0 Å². The van der Waals surface area contributed by atoms with E-state index in [1.54, 1.807) is 24.3 Å². The second-order valence-electron chi connectivity index (χ2n) is 6.39. The van der Waals surface area contributed by atoms with E-state index in [0.717, 1.165) is 6.42 Å². The number of nitrogens with one attached hydrogen (secondary N) is 3. The molecule has 0 fully saturated rings. The zero-order valence-electron chi connectivity index (χ0n) is 14.9. The Kier molecular flexibility index (Phi) is 8.28. The maximum absolute atomic E-state index is 12.4. The van der Waals surface area contributed by atoms with Crippen LogP contribution in [0, 0.1) is 5.92 Å². The van der Waals surface area contributed by atoms with Crippen molar-refractivity contribution in [3.63, 3.8) is 0 Å². The number of nitrogens with two attached hydrogens (primary N) is 1. The first-order valence-corrected chi connectivity index (χ1v) is 8.30. The number of aromatic nitrogens is 1. The molecular weight excluding hydrogens is 356 g/mol. The van der Waals surface area contributed by atoms with Gasteiger partial charge in [0.25, 0.3) is 5.91 Å². The number of carbonyl (C=O) groups excluding carboxylic acids is 2. The number of amides is 2. The van der Waals surface area contributed by atoms with Crippen molar-refractivity contribution in [2.75, 3.05) is 13.1 Å². The molecular formula is C18H25ClN4O3. The molecule has 1 aromatic heterocycles. The average Bonchev–Trinajstić information content (AvgIpc) is 2.59. The molecule has 0 aliphatic carbocycles. The summed E-state index contributed by atoms with van der Waals surface area (Å²) in [7, 11) is 0. The number of H-pyrrole nitrogens is 1. The molecule has 5 N–H and O–H groups in total. The van der Waals surface area contributed by atoms with Crippen LogP contribution in [0.1, 0.15) is 30.6 Å². The summed E-state index contributed by atoms with van der Waals surface area (Å²) < 4.78 is 0. The Balaban J connectivity index is 0.00000338. The Labute approximate surface area is 158 Å². The van der Waals surface area contributed by atoms with Gasteiger partial charge in [-0.3, -0.25) is 14.4 Å². The first kappa shape index (κ1) is 21.7. The number of pyridine rings is 1. The predicted octanol–water partition coefficient (Wildman–Crippen LogP) is 1.17. The van der Waals surface area contributed by atoms with Crippen molar-refractivity contribution >= 4 is 35.1 Å². The van der Waals surface area contributed by atoms with Gasteiger partial charge in [0, 0.05) is 29.7 Å². The van der Waals surface area contributed by atoms with Crippen LogP contribution in [-0.2, 0) is 4.79 Å². The van der Waals surface area contributed by atoms with Crippen molar-refractivity contribution in [2.45, 2.75) is 26.3 Å². The highest BCUT2D eigenvalue weighted by atomic mass is 35.5. The molecule has 0 spiro atoms. The lowest BCUT2D eigenvalue weighted by Crippen LogP contribution is -2.46. The summed E-state index contributed by atoms with van der Waals surface area (Å²) in [4.78, 5) is 39.4. The normalized spacial score (nSPS) is 11.7. The van der Waals surface area contributed by atoms with E-state index >= 15 is 0 Å². The third-order valence-electron chi connectivity index (χ3n) is 3.85. The highest BCUT2D eigenvalue weighted by Crippen LogP contribution is 2.07. The summed E-state index contributed by atoms with van der Waals surface area (Å²) in [6.07, 6.45) is 2.12. The standard InChI is InChI=1S/C18H24N4O3.ClH/c1-11(2)7-12(8-19)22-16(23)10-21-18(25)14-9-20-15-6-4-3-5-13(15)17(14)24;/h3-6,9,11-12H,7-8,10,19H2,1-2H3,(H,20,24)(H,21,25)(H,22,23);1H. The number of halogens is 1. The van der Waals surface area contributed by atoms with Crippen LogP contribution in [-0.4, -0.2) is 35.9 Å². The van der Waals surface area contributed by atoms with E-state index in [2.05, 4.69) is 15.6 Å². The molecule has 0 bridgehead atoms. The fourth-order valence-electron chi connectivity index (χ4n) is 2.65. The van der Waals surface area contributed by atoms with Gasteiger partial charge in [0.2, 0.25) is 11.3 Å². The molecule has 0 saturated carbocycles. The molecule has 8 heteroatoms. The topological polar surface area (TPSA) is 117 Å². The molecule has 1 unspecified atom stereocenters. The van der Waals surface area contributed by atoms with E-state index in [4.69, 9.17) is 5.73 Å². The van der Waals surface area contributed by atoms with Gasteiger partial charge < -0.3 is 21.4 Å². The van der Waals surface area contributed by atoms with Crippen molar-refractivity contribution < 1.29 is 9.59 Å². The van der Waals surface area contributed by atoms with Crippen LogP contribution in [0.25, 0.3) is 10.9 Å². The molecule has 142 valence electrons. The van der Waals surface area contributed by atoms with Gasteiger partial charge in [-0.1, -0.05) is 26.0 Å². The Morgan fingerprint density at radius 1 is 1.23 bits per heavy atom. The molecule has 1 heterocycles. The lowest BCUT2D eigenvalue weighted by Gasteiger charge is -2.18. The van der Waals surface area contributed by atoms with Gasteiger partial charge in [0.1, 0.15) is 5.56 Å². The van der Waals surface area contributed by atoms with E-state index < -0.39 is 5.91 Å². The molecule has 1 atom stereocenters. The van der Waals surface area contributed by atoms with E-state index in [0.29, 0.717) is 23.4 Å². The largest absolute Gasteiger partial charge is 0.360 e. The number of rotatable bonds is 7. The summed E-state index contributed by atoms with van der Waals surface area (Å²) >= 11 is 0. The van der Waals surface area contributed by atoms with Gasteiger partial charge in [0.15, 0.2) is 0 Å². The maximum Gasteiger partial charge on any atom is 0.257 e. The molecule has 0 aliphatic heterocycles. The monoisotopic (exact) mass is 380 g/mol. The smallest absolute Gasteiger partial charge is 0.257 e. The quantitative estimate of drug-likeness (QED) is 0.576. The van der Waals surface area contributed by atoms with Crippen LogP contribution >= 0.6 is 12.4 Å². The maximum atomic E-state index is 12.4. The predicted molar refractivity (Wildman–Crippen MR) is 105 cm³/mol.